The molecule has 0 bridgehead atoms. The molecule has 24 heavy (non-hydrogen) atoms. The van der Waals surface area contributed by atoms with Crippen LogP contribution in [-0.4, -0.2) is 33.1 Å². The van der Waals surface area contributed by atoms with E-state index in [9.17, 15) is 4.79 Å². The van der Waals surface area contributed by atoms with E-state index < -0.39 is 0 Å². The second-order valence-corrected chi connectivity index (χ2v) is 6.92. The first kappa shape index (κ1) is 16.5. The van der Waals surface area contributed by atoms with Crippen molar-refractivity contribution in [2.45, 2.75) is 11.6 Å². The summed E-state index contributed by atoms with van der Waals surface area (Å²) in [5.41, 5.74) is 1.20. The molecule has 2 aromatic heterocycles. The Morgan fingerprint density at radius 2 is 2.04 bits per heavy atom. The van der Waals surface area contributed by atoms with E-state index in [0.29, 0.717) is 17.5 Å². The molecule has 0 radical (unpaired) electrons. The standard InChI is InChI=1S/C16H17N5OS2/c17-21-15(13-7-4-10-23-13)19-20-16(21)24-11-14(22)18-9-8-12-5-2-1-3-6-12/h1-7,10H,8-9,11,17H2,(H,18,22). The predicted octanol–water partition coefficient (Wildman–Crippen LogP) is 2.17. The van der Waals surface area contributed by atoms with Crippen molar-refractivity contribution in [1.82, 2.24) is 20.2 Å². The molecular formula is C16H17N5OS2. The smallest absolute Gasteiger partial charge is 0.230 e. The molecule has 1 amide bonds. The minimum atomic E-state index is -0.0448. The highest BCUT2D eigenvalue weighted by Gasteiger charge is 2.14. The highest BCUT2D eigenvalue weighted by molar-refractivity contribution is 7.99. The molecule has 0 aliphatic heterocycles. The van der Waals surface area contributed by atoms with Gasteiger partial charge in [-0.15, -0.1) is 21.5 Å². The maximum atomic E-state index is 11.9. The topological polar surface area (TPSA) is 85.8 Å². The molecule has 2 heterocycles. The summed E-state index contributed by atoms with van der Waals surface area (Å²) in [6, 6.07) is 13.9. The van der Waals surface area contributed by atoms with E-state index in [4.69, 9.17) is 5.84 Å². The van der Waals surface area contributed by atoms with Crippen LogP contribution in [-0.2, 0) is 11.2 Å². The number of thiophene rings is 1. The Morgan fingerprint density at radius 3 is 2.79 bits per heavy atom. The second kappa shape index (κ2) is 7.98. The molecule has 0 aliphatic carbocycles. The van der Waals surface area contributed by atoms with Crippen LogP contribution in [0.5, 0.6) is 0 Å². The number of amides is 1. The molecule has 0 spiro atoms. The normalized spacial score (nSPS) is 10.7. The highest BCUT2D eigenvalue weighted by atomic mass is 32.2. The monoisotopic (exact) mass is 359 g/mol. The van der Waals surface area contributed by atoms with E-state index >= 15 is 0 Å². The van der Waals surface area contributed by atoms with Crippen LogP contribution in [0.2, 0.25) is 0 Å². The molecule has 0 atom stereocenters. The number of nitrogens with zero attached hydrogens (tertiary/aromatic N) is 3. The van der Waals surface area contributed by atoms with Gasteiger partial charge in [0.25, 0.3) is 0 Å². The molecule has 8 heteroatoms. The Balaban J connectivity index is 1.46. The molecule has 3 rings (SSSR count). The zero-order valence-electron chi connectivity index (χ0n) is 12.9. The van der Waals surface area contributed by atoms with Crippen molar-refractivity contribution in [3.05, 3.63) is 53.4 Å². The van der Waals surface area contributed by atoms with Gasteiger partial charge in [-0.05, 0) is 23.4 Å². The molecule has 3 aromatic rings. The zero-order valence-corrected chi connectivity index (χ0v) is 14.5. The van der Waals surface area contributed by atoms with Crippen LogP contribution in [0.15, 0.2) is 53.0 Å². The number of benzene rings is 1. The third-order valence-corrected chi connectivity index (χ3v) is 5.13. The average molecular weight is 359 g/mol. The van der Waals surface area contributed by atoms with Crippen LogP contribution in [0, 0.1) is 0 Å². The Labute approximate surface area is 148 Å². The fourth-order valence-corrected chi connectivity index (χ4v) is 3.51. The zero-order chi connectivity index (χ0) is 16.8. The van der Waals surface area contributed by atoms with Gasteiger partial charge < -0.3 is 11.2 Å². The molecule has 6 nitrogen and oxygen atoms in total. The summed E-state index contributed by atoms with van der Waals surface area (Å²) in [4.78, 5) is 12.9. The van der Waals surface area contributed by atoms with Gasteiger partial charge in [0.05, 0.1) is 10.6 Å². The Morgan fingerprint density at radius 1 is 1.21 bits per heavy atom. The molecule has 3 N–H and O–H groups in total. The number of hydrogen-bond acceptors (Lipinski definition) is 6. The number of aromatic nitrogens is 3. The average Bonchev–Trinajstić information content (AvgIpc) is 3.24. The van der Waals surface area contributed by atoms with Gasteiger partial charge in [0.2, 0.25) is 11.1 Å². The van der Waals surface area contributed by atoms with Crippen LogP contribution < -0.4 is 11.2 Å². The minimum Gasteiger partial charge on any atom is -0.355 e. The predicted molar refractivity (Wildman–Crippen MR) is 97.4 cm³/mol. The molecule has 0 saturated heterocycles. The number of nitrogens with one attached hydrogen (secondary N) is 1. The van der Waals surface area contributed by atoms with Gasteiger partial charge in [-0.25, -0.2) is 4.68 Å². The van der Waals surface area contributed by atoms with E-state index in [1.807, 2.05) is 47.8 Å². The fraction of sp³-hybridized carbons (Fsp3) is 0.188. The summed E-state index contributed by atoms with van der Waals surface area (Å²) >= 11 is 2.82. The second-order valence-electron chi connectivity index (χ2n) is 5.03. The van der Waals surface area contributed by atoms with E-state index in [1.54, 1.807) is 11.3 Å². The lowest BCUT2D eigenvalue weighted by Crippen LogP contribution is -2.27. The van der Waals surface area contributed by atoms with E-state index in [2.05, 4.69) is 15.5 Å². The molecule has 0 unspecified atom stereocenters. The van der Waals surface area contributed by atoms with Crippen molar-refractivity contribution in [1.29, 1.82) is 0 Å². The number of carbonyl (C=O) groups is 1. The molecule has 0 saturated carbocycles. The lowest BCUT2D eigenvalue weighted by Gasteiger charge is -2.05. The van der Waals surface area contributed by atoms with Crippen LogP contribution >= 0.6 is 23.1 Å². The van der Waals surface area contributed by atoms with Gasteiger partial charge in [0, 0.05) is 6.54 Å². The number of rotatable bonds is 7. The summed E-state index contributed by atoms with van der Waals surface area (Å²) < 4.78 is 1.42. The van der Waals surface area contributed by atoms with Crippen LogP contribution in [0.1, 0.15) is 5.56 Å². The largest absolute Gasteiger partial charge is 0.355 e. The lowest BCUT2D eigenvalue weighted by molar-refractivity contribution is -0.118. The number of nitrogen functional groups attached to an aromatic ring is 1. The summed E-state index contributed by atoms with van der Waals surface area (Å²) in [7, 11) is 0. The lowest BCUT2D eigenvalue weighted by atomic mass is 10.1. The van der Waals surface area contributed by atoms with Crippen molar-refractivity contribution in [3.8, 4) is 10.7 Å². The Bertz CT molecular complexity index is 786. The minimum absolute atomic E-state index is 0.0448. The Hall–Kier alpha value is -2.32. The number of nitrogens with two attached hydrogens (primary N) is 1. The summed E-state index contributed by atoms with van der Waals surface area (Å²) in [5.74, 6) is 6.82. The number of hydrogen-bond donors (Lipinski definition) is 2. The SMILES string of the molecule is Nn1c(SCC(=O)NCCc2ccccc2)nnc1-c1cccs1. The van der Waals surface area contributed by atoms with Crippen molar-refractivity contribution in [2.75, 3.05) is 18.1 Å². The van der Waals surface area contributed by atoms with Gasteiger partial charge in [-0.2, -0.15) is 0 Å². The maximum absolute atomic E-state index is 11.9. The first-order valence-electron chi connectivity index (χ1n) is 7.42. The van der Waals surface area contributed by atoms with Crippen LogP contribution in [0.25, 0.3) is 10.7 Å². The quantitative estimate of drug-likeness (QED) is 0.499. The van der Waals surface area contributed by atoms with Gasteiger partial charge in [-0.1, -0.05) is 48.2 Å². The molecule has 0 fully saturated rings. The molecule has 124 valence electrons. The molecular weight excluding hydrogens is 342 g/mol. The van der Waals surface area contributed by atoms with Crippen molar-refractivity contribution in [3.63, 3.8) is 0 Å². The number of thioether (sulfide) groups is 1. The van der Waals surface area contributed by atoms with E-state index in [1.165, 1.54) is 22.0 Å². The molecule has 0 aliphatic rings. The summed E-state index contributed by atoms with van der Waals surface area (Å²) in [5, 5.41) is 13.5. The third-order valence-electron chi connectivity index (χ3n) is 3.32. The van der Waals surface area contributed by atoms with Crippen LogP contribution in [0.3, 0.4) is 0 Å². The van der Waals surface area contributed by atoms with Crippen molar-refractivity contribution < 1.29 is 4.79 Å². The van der Waals surface area contributed by atoms with Gasteiger partial charge >= 0.3 is 0 Å². The fourth-order valence-electron chi connectivity index (χ4n) is 2.12. The highest BCUT2D eigenvalue weighted by Crippen LogP contribution is 2.24. The van der Waals surface area contributed by atoms with Gasteiger partial charge in [0.15, 0.2) is 5.82 Å². The van der Waals surface area contributed by atoms with Crippen LogP contribution in [0.4, 0.5) is 0 Å². The molecule has 1 aromatic carbocycles. The maximum Gasteiger partial charge on any atom is 0.230 e. The summed E-state index contributed by atoms with van der Waals surface area (Å²) in [6.07, 6.45) is 0.812. The van der Waals surface area contributed by atoms with Gasteiger partial charge in [-0.3, -0.25) is 4.79 Å². The summed E-state index contributed by atoms with van der Waals surface area (Å²) in [6.45, 7) is 0.610. The van der Waals surface area contributed by atoms with Crippen molar-refractivity contribution >= 4 is 29.0 Å². The first-order chi connectivity index (χ1) is 11.7. The Kier molecular flexibility index (Phi) is 5.50. The number of carbonyl (C=O) groups excluding carboxylic acids is 1. The van der Waals surface area contributed by atoms with E-state index in [-0.39, 0.29) is 11.7 Å². The third kappa shape index (κ3) is 4.15. The first-order valence-corrected chi connectivity index (χ1v) is 9.28. The van der Waals surface area contributed by atoms with Crippen molar-refractivity contribution in [2.24, 2.45) is 0 Å². The van der Waals surface area contributed by atoms with Gasteiger partial charge in [0.1, 0.15) is 0 Å². The van der Waals surface area contributed by atoms with E-state index in [0.717, 1.165) is 11.3 Å².